The van der Waals surface area contributed by atoms with Gasteiger partial charge in [-0.15, -0.1) is 0 Å². The van der Waals surface area contributed by atoms with Crippen LogP contribution in [0.1, 0.15) is 24.8 Å². The summed E-state index contributed by atoms with van der Waals surface area (Å²) in [6, 6.07) is 6.73. The highest BCUT2D eigenvalue weighted by Crippen LogP contribution is 2.30. The molecule has 0 amide bonds. The van der Waals surface area contributed by atoms with Crippen molar-refractivity contribution >= 4 is 11.5 Å². The quantitative estimate of drug-likeness (QED) is 0.821. The van der Waals surface area contributed by atoms with E-state index in [1.807, 2.05) is 12.1 Å². The van der Waals surface area contributed by atoms with Crippen LogP contribution in [0.4, 0.5) is 5.88 Å². The lowest BCUT2D eigenvalue weighted by Gasteiger charge is -2.18. The first-order valence-corrected chi connectivity index (χ1v) is 6.34. The fourth-order valence-electron chi connectivity index (χ4n) is 2.44. The molecule has 0 fully saturated rings. The smallest absolute Gasteiger partial charge is 0.190 e. The summed E-state index contributed by atoms with van der Waals surface area (Å²) in [4.78, 5) is 12.0. The summed E-state index contributed by atoms with van der Waals surface area (Å²) in [6.45, 7) is 0. The van der Waals surface area contributed by atoms with Crippen molar-refractivity contribution in [2.45, 2.75) is 25.4 Å². The largest absolute Gasteiger partial charge is 0.441 e. The van der Waals surface area contributed by atoms with E-state index in [0.29, 0.717) is 17.7 Å². The topological polar surface area (TPSA) is 76.5 Å². The van der Waals surface area contributed by atoms with E-state index >= 15 is 0 Å². The first-order valence-electron chi connectivity index (χ1n) is 6.34. The molecule has 0 aromatic carbocycles. The predicted molar refractivity (Wildman–Crippen MR) is 73.8 cm³/mol. The van der Waals surface area contributed by atoms with Gasteiger partial charge >= 0.3 is 0 Å². The Morgan fingerprint density at radius 2 is 2.16 bits per heavy atom. The Morgan fingerprint density at radius 1 is 1.32 bits per heavy atom. The third-order valence-corrected chi connectivity index (χ3v) is 3.50. The minimum atomic E-state index is -0.267. The number of aliphatic hydroxyl groups is 1. The maximum atomic E-state index is 12.0. The fraction of sp³-hybridized carbons (Fsp3) is 0.267. The van der Waals surface area contributed by atoms with Crippen LogP contribution in [0.5, 0.6) is 0 Å². The van der Waals surface area contributed by atoms with Gasteiger partial charge in [0, 0.05) is 0 Å². The number of nitrogen functional groups attached to an aromatic ring is 1. The van der Waals surface area contributed by atoms with E-state index in [1.165, 1.54) is 0 Å². The number of hydrogen-bond acceptors (Lipinski definition) is 4. The molecule has 0 bridgehead atoms. The lowest BCUT2D eigenvalue weighted by molar-refractivity contribution is 0.166. The fourth-order valence-corrected chi connectivity index (χ4v) is 2.44. The third-order valence-electron chi connectivity index (χ3n) is 3.50. The van der Waals surface area contributed by atoms with Gasteiger partial charge in [-0.25, -0.2) is 0 Å². The van der Waals surface area contributed by atoms with Gasteiger partial charge in [-0.1, -0.05) is 6.08 Å². The van der Waals surface area contributed by atoms with Crippen molar-refractivity contribution in [2.75, 3.05) is 5.73 Å². The molecular formula is C15H15NO3. The van der Waals surface area contributed by atoms with E-state index in [9.17, 15) is 9.90 Å². The van der Waals surface area contributed by atoms with Crippen molar-refractivity contribution in [1.29, 1.82) is 0 Å². The van der Waals surface area contributed by atoms with Crippen molar-refractivity contribution in [2.24, 2.45) is 0 Å². The second-order valence-electron chi connectivity index (χ2n) is 4.88. The Balaban J connectivity index is 2.11. The maximum Gasteiger partial charge on any atom is 0.190 e. The zero-order valence-electron chi connectivity index (χ0n) is 10.4. The minimum Gasteiger partial charge on any atom is -0.441 e. The van der Waals surface area contributed by atoms with Crippen molar-refractivity contribution in [1.82, 2.24) is 0 Å². The number of hydrogen-bond donors (Lipinski definition) is 2. The Labute approximate surface area is 110 Å². The van der Waals surface area contributed by atoms with Gasteiger partial charge in [0.15, 0.2) is 11.3 Å². The molecule has 3 N–H and O–H groups in total. The van der Waals surface area contributed by atoms with E-state index in [2.05, 4.69) is 0 Å². The number of rotatable bonds is 1. The van der Waals surface area contributed by atoms with E-state index in [0.717, 1.165) is 24.0 Å². The molecular weight excluding hydrogens is 242 g/mol. The van der Waals surface area contributed by atoms with Gasteiger partial charge in [-0.2, -0.15) is 0 Å². The van der Waals surface area contributed by atoms with Gasteiger partial charge < -0.3 is 15.3 Å². The van der Waals surface area contributed by atoms with Crippen LogP contribution >= 0.6 is 0 Å². The van der Waals surface area contributed by atoms with Crippen molar-refractivity contribution < 1.29 is 9.52 Å². The molecule has 0 saturated heterocycles. The second kappa shape index (κ2) is 4.55. The van der Waals surface area contributed by atoms with Crippen LogP contribution in [0.15, 0.2) is 39.6 Å². The molecule has 2 aliphatic carbocycles. The SMILES string of the molecule is Nc1ccc2c(=O)cc(C3=CCC(O)CC3)cc-2o1. The van der Waals surface area contributed by atoms with Gasteiger partial charge in [0.25, 0.3) is 0 Å². The molecule has 1 heterocycles. The zero-order chi connectivity index (χ0) is 13.4. The molecule has 0 aromatic rings. The van der Waals surface area contributed by atoms with Gasteiger partial charge in [0.1, 0.15) is 5.76 Å². The summed E-state index contributed by atoms with van der Waals surface area (Å²) in [7, 11) is 0. The van der Waals surface area contributed by atoms with Gasteiger partial charge in [-0.3, -0.25) is 4.79 Å². The summed E-state index contributed by atoms with van der Waals surface area (Å²) in [5, 5.41) is 9.50. The van der Waals surface area contributed by atoms with E-state index in [1.54, 1.807) is 18.2 Å². The van der Waals surface area contributed by atoms with Crippen LogP contribution in [0.3, 0.4) is 0 Å². The molecule has 3 rings (SSSR count). The van der Waals surface area contributed by atoms with Gasteiger partial charge in [-0.05, 0) is 54.7 Å². The molecule has 1 aliphatic heterocycles. The van der Waals surface area contributed by atoms with Crippen LogP contribution in [-0.2, 0) is 0 Å². The molecule has 1 unspecified atom stereocenters. The monoisotopic (exact) mass is 257 g/mol. The number of anilines is 1. The molecule has 4 heteroatoms. The molecule has 0 spiro atoms. The first kappa shape index (κ1) is 12.0. The summed E-state index contributed by atoms with van der Waals surface area (Å²) in [5.74, 6) is 0.798. The Hall–Kier alpha value is -2.07. The Kier molecular flexibility index (Phi) is 2.87. The Morgan fingerprint density at radius 3 is 2.89 bits per heavy atom. The minimum absolute atomic E-state index is 0.0664. The predicted octanol–water partition coefficient (Wildman–Crippen LogP) is 2.25. The summed E-state index contributed by atoms with van der Waals surface area (Å²) < 4.78 is 5.40. The average molecular weight is 257 g/mol. The van der Waals surface area contributed by atoms with Crippen molar-refractivity contribution in [3.63, 3.8) is 0 Å². The van der Waals surface area contributed by atoms with Crippen molar-refractivity contribution in [3.8, 4) is 11.3 Å². The number of benzene rings is 1. The molecule has 0 saturated carbocycles. The van der Waals surface area contributed by atoms with Crippen LogP contribution in [0.2, 0.25) is 0 Å². The summed E-state index contributed by atoms with van der Waals surface area (Å²) >= 11 is 0. The van der Waals surface area contributed by atoms with Crippen LogP contribution in [0, 0.1) is 0 Å². The Bertz CT molecular complexity index is 672. The van der Waals surface area contributed by atoms with Crippen molar-refractivity contribution in [3.05, 3.63) is 46.1 Å². The highest BCUT2D eigenvalue weighted by molar-refractivity contribution is 5.72. The van der Waals surface area contributed by atoms with E-state index in [-0.39, 0.29) is 17.4 Å². The average Bonchev–Trinajstić information content (AvgIpc) is 2.38. The second-order valence-corrected chi connectivity index (χ2v) is 4.88. The van der Waals surface area contributed by atoms with E-state index in [4.69, 9.17) is 10.2 Å². The first-order chi connectivity index (χ1) is 9.13. The normalized spacial score (nSPS) is 19.4. The molecule has 19 heavy (non-hydrogen) atoms. The lowest BCUT2D eigenvalue weighted by Crippen LogP contribution is -2.12. The molecule has 98 valence electrons. The lowest BCUT2D eigenvalue weighted by atomic mass is 9.91. The zero-order valence-corrected chi connectivity index (χ0v) is 10.4. The molecule has 0 aromatic heterocycles. The molecule has 0 radical (unpaired) electrons. The third kappa shape index (κ3) is 2.27. The number of fused-ring (bicyclic) bond motifs is 1. The maximum absolute atomic E-state index is 12.0. The van der Waals surface area contributed by atoms with Crippen LogP contribution in [-0.4, -0.2) is 11.2 Å². The molecule has 3 aliphatic rings. The number of allylic oxidation sites excluding steroid dienone is 1. The number of nitrogens with two attached hydrogens (primary N) is 1. The number of aliphatic hydroxyl groups excluding tert-OH is 1. The standard InChI is InChI=1S/C15H15NO3/c16-15-6-5-12-13(18)7-10(8-14(12)19-15)9-1-3-11(17)4-2-9/h1,5-8,11,17H,2-4,16H2. The molecule has 1 atom stereocenters. The molecule has 4 nitrogen and oxygen atoms in total. The van der Waals surface area contributed by atoms with Gasteiger partial charge in [0.2, 0.25) is 0 Å². The van der Waals surface area contributed by atoms with Crippen LogP contribution < -0.4 is 11.2 Å². The van der Waals surface area contributed by atoms with Gasteiger partial charge in [0.05, 0.1) is 11.7 Å². The van der Waals surface area contributed by atoms with Crippen LogP contribution in [0.25, 0.3) is 16.9 Å². The highest BCUT2D eigenvalue weighted by atomic mass is 16.3. The van der Waals surface area contributed by atoms with E-state index < -0.39 is 0 Å². The summed E-state index contributed by atoms with van der Waals surface area (Å²) in [6.07, 6.45) is 3.85. The summed E-state index contributed by atoms with van der Waals surface area (Å²) in [5.41, 5.74) is 8.02. The highest BCUT2D eigenvalue weighted by Gasteiger charge is 2.16.